The summed E-state index contributed by atoms with van der Waals surface area (Å²) in [5.41, 5.74) is 6.30. The minimum absolute atomic E-state index is 0.665. The summed E-state index contributed by atoms with van der Waals surface area (Å²) in [6, 6.07) is 10.2. The number of fused-ring (bicyclic) bond motifs is 4. The van der Waals surface area contributed by atoms with Gasteiger partial charge in [0.05, 0.1) is 41.2 Å². The molecule has 0 amide bonds. The molecule has 4 heterocycles. The molecular formula is C25H23N7O2. The Labute approximate surface area is 194 Å². The molecule has 0 unspecified atom stereocenters. The maximum absolute atomic E-state index is 5.79. The van der Waals surface area contributed by atoms with Gasteiger partial charge in [-0.15, -0.1) is 0 Å². The number of ether oxygens (including phenoxy) is 1. The van der Waals surface area contributed by atoms with Crippen LogP contribution >= 0.6 is 0 Å². The number of aryl methyl sites for hydroxylation is 4. The molecule has 0 spiro atoms. The first-order valence-electron chi connectivity index (χ1n) is 10.9. The fraction of sp³-hybridized carbons (Fsp3) is 0.200. The number of rotatable bonds is 4. The van der Waals surface area contributed by atoms with E-state index in [1.54, 1.807) is 7.11 Å². The van der Waals surface area contributed by atoms with E-state index in [1.165, 1.54) is 0 Å². The number of nitrogens with one attached hydrogen (secondary N) is 2. The minimum atomic E-state index is 0.665. The monoisotopic (exact) mass is 453 g/mol. The van der Waals surface area contributed by atoms with Crippen LogP contribution in [0, 0.1) is 20.8 Å². The maximum atomic E-state index is 5.79. The Kier molecular flexibility index (Phi) is 4.35. The van der Waals surface area contributed by atoms with E-state index in [2.05, 4.69) is 31.6 Å². The fourth-order valence-electron chi connectivity index (χ4n) is 4.67. The van der Waals surface area contributed by atoms with E-state index in [9.17, 15) is 0 Å². The molecular weight excluding hydrogens is 430 g/mol. The van der Waals surface area contributed by atoms with E-state index in [-0.39, 0.29) is 0 Å². The highest BCUT2D eigenvalue weighted by Gasteiger charge is 2.21. The number of hydrogen-bond donors (Lipinski definition) is 2. The van der Waals surface area contributed by atoms with Gasteiger partial charge < -0.3 is 19.6 Å². The number of benzene rings is 2. The van der Waals surface area contributed by atoms with Gasteiger partial charge in [-0.05, 0) is 45.0 Å². The zero-order chi connectivity index (χ0) is 23.6. The lowest BCUT2D eigenvalue weighted by molar-refractivity contribution is 0.393. The zero-order valence-corrected chi connectivity index (χ0v) is 19.5. The molecule has 0 fully saturated rings. The summed E-state index contributed by atoms with van der Waals surface area (Å²) in [5.74, 6) is 2.85. The molecule has 6 aromatic rings. The van der Waals surface area contributed by atoms with Gasteiger partial charge in [0.15, 0.2) is 0 Å². The van der Waals surface area contributed by atoms with E-state index in [4.69, 9.17) is 14.2 Å². The van der Waals surface area contributed by atoms with E-state index < -0.39 is 0 Å². The SMILES string of the molecule is COc1cc2c(cc1-c1c(C)noc1C)[nH]c1nc(C)nc(Nc3cccc4c3cnn4C)c12. The number of nitrogens with zero attached hydrogens (tertiary/aromatic N) is 5. The molecule has 0 bridgehead atoms. The number of aromatic nitrogens is 6. The van der Waals surface area contributed by atoms with E-state index in [1.807, 2.05) is 63.0 Å². The standard InChI is InChI=1S/C25H23N7O2/c1-12-22(13(2)34-31-12)16-9-19-15(10-21(16)33-5)23-24(27-14(3)28-25(23)30-19)29-18-7-6-8-20-17(18)11-26-32(20)4/h6-11H,1-5H3,(H2,27,28,29,30). The molecule has 0 atom stereocenters. The summed E-state index contributed by atoms with van der Waals surface area (Å²) in [7, 11) is 3.60. The maximum Gasteiger partial charge on any atom is 0.144 e. The zero-order valence-electron chi connectivity index (χ0n) is 19.5. The lowest BCUT2D eigenvalue weighted by Crippen LogP contribution is -1.99. The van der Waals surface area contributed by atoms with Crippen LogP contribution in [0.2, 0.25) is 0 Å². The Morgan fingerprint density at radius 2 is 1.94 bits per heavy atom. The number of hydrogen-bond acceptors (Lipinski definition) is 7. The molecule has 0 aliphatic carbocycles. The molecule has 0 aliphatic rings. The average Bonchev–Trinajstić information content (AvgIpc) is 3.47. The first-order valence-corrected chi connectivity index (χ1v) is 10.9. The highest BCUT2D eigenvalue weighted by atomic mass is 16.5. The first-order chi connectivity index (χ1) is 16.4. The van der Waals surface area contributed by atoms with Crippen molar-refractivity contribution in [3.63, 3.8) is 0 Å². The number of anilines is 2. The van der Waals surface area contributed by atoms with Crippen LogP contribution in [0.5, 0.6) is 5.75 Å². The Bertz CT molecular complexity index is 1710. The molecule has 0 aliphatic heterocycles. The normalized spacial score (nSPS) is 11.7. The molecule has 4 aromatic heterocycles. The lowest BCUT2D eigenvalue weighted by Gasteiger charge is -2.11. The van der Waals surface area contributed by atoms with Crippen LogP contribution in [0.1, 0.15) is 17.3 Å². The summed E-state index contributed by atoms with van der Waals surface area (Å²) in [4.78, 5) is 12.9. The summed E-state index contributed by atoms with van der Waals surface area (Å²) in [6.45, 7) is 5.72. The Balaban J connectivity index is 1.59. The van der Waals surface area contributed by atoms with Gasteiger partial charge in [-0.25, -0.2) is 9.97 Å². The van der Waals surface area contributed by atoms with Gasteiger partial charge in [-0.1, -0.05) is 11.2 Å². The van der Waals surface area contributed by atoms with Crippen molar-refractivity contribution in [3.05, 3.63) is 53.8 Å². The van der Waals surface area contributed by atoms with E-state index in [0.717, 1.165) is 72.7 Å². The predicted molar refractivity (Wildman–Crippen MR) is 132 cm³/mol. The summed E-state index contributed by atoms with van der Waals surface area (Å²) in [5, 5.41) is 14.9. The van der Waals surface area contributed by atoms with E-state index >= 15 is 0 Å². The van der Waals surface area contributed by atoms with Crippen molar-refractivity contribution in [2.75, 3.05) is 12.4 Å². The average molecular weight is 454 g/mol. The van der Waals surface area contributed by atoms with Gasteiger partial charge in [0.1, 0.15) is 28.8 Å². The van der Waals surface area contributed by atoms with Crippen molar-refractivity contribution in [1.82, 2.24) is 29.9 Å². The van der Waals surface area contributed by atoms with Gasteiger partial charge in [-0.3, -0.25) is 4.68 Å². The molecule has 0 saturated heterocycles. The number of methoxy groups -OCH3 is 1. The molecule has 9 heteroatoms. The van der Waals surface area contributed by atoms with Gasteiger partial charge in [-0.2, -0.15) is 5.10 Å². The minimum Gasteiger partial charge on any atom is -0.496 e. The number of H-pyrrole nitrogens is 1. The second-order valence-corrected chi connectivity index (χ2v) is 8.40. The predicted octanol–water partition coefficient (Wildman–Crippen LogP) is 5.33. The lowest BCUT2D eigenvalue weighted by atomic mass is 10.0. The van der Waals surface area contributed by atoms with Crippen LogP contribution in [0.3, 0.4) is 0 Å². The molecule has 6 rings (SSSR count). The third-order valence-electron chi connectivity index (χ3n) is 6.23. The van der Waals surface area contributed by atoms with Crippen LogP contribution in [0.15, 0.2) is 41.1 Å². The molecule has 2 N–H and O–H groups in total. The van der Waals surface area contributed by atoms with Crippen molar-refractivity contribution >= 4 is 44.3 Å². The Morgan fingerprint density at radius 1 is 1.09 bits per heavy atom. The molecule has 0 radical (unpaired) electrons. The Hall–Kier alpha value is -4.40. The second kappa shape index (κ2) is 7.31. The van der Waals surface area contributed by atoms with Crippen LogP contribution < -0.4 is 10.1 Å². The third kappa shape index (κ3) is 2.93. The van der Waals surface area contributed by atoms with Crippen molar-refractivity contribution < 1.29 is 9.26 Å². The van der Waals surface area contributed by atoms with Gasteiger partial charge in [0.2, 0.25) is 0 Å². The van der Waals surface area contributed by atoms with Crippen LogP contribution in [0.4, 0.5) is 11.5 Å². The fourth-order valence-corrected chi connectivity index (χ4v) is 4.67. The first kappa shape index (κ1) is 20.2. The summed E-state index contributed by atoms with van der Waals surface area (Å²) < 4.78 is 13.1. The molecule has 9 nitrogen and oxygen atoms in total. The summed E-state index contributed by atoms with van der Waals surface area (Å²) >= 11 is 0. The van der Waals surface area contributed by atoms with E-state index in [0.29, 0.717) is 5.82 Å². The highest BCUT2D eigenvalue weighted by Crippen LogP contribution is 2.41. The number of aromatic amines is 1. The van der Waals surface area contributed by atoms with Gasteiger partial charge in [0, 0.05) is 28.9 Å². The quantitative estimate of drug-likeness (QED) is 0.371. The van der Waals surface area contributed by atoms with Gasteiger partial charge in [0.25, 0.3) is 0 Å². The largest absolute Gasteiger partial charge is 0.496 e. The summed E-state index contributed by atoms with van der Waals surface area (Å²) in [6.07, 6.45) is 1.86. The van der Waals surface area contributed by atoms with Crippen molar-refractivity contribution in [2.45, 2.75) is 20.8 Å². The molecule has 170 valence electrons. The second-order valence-electron chi connectivity index (χ2n) is 8.40. The molecule has 2 aromatic carbocycles. The Morgan fingerprint density at radius 3 is 2.71 bits per heavy atom. The smallest absolute Gasteiger partial charge is 0.144 e. The molecule has 34 heavy (non-hydrogen) atoms. The van der Waals surface area contributed by atoms with Crippen molar-refractivity contribution in [3.8, 4) is 16.9 Å². The van der Waals surface area contributed by atoms with Gasteiger partial charge >= 0.3 is 0 Å². The highest BCUT2D eigenvalue weighted by molar-refractivity contribution is 6.13. The van der Waals surface area contributed by atoms with Crippen LogP contribution in [0.25, 0.3) is 44.0 Å². The van der Waals surface area contributed by atoms with Crippen molar-refractivity contribution in [1.29, 1.82) is 0 Å². The molecule has 0 saturated carbocycles. The third-order valence-corrected chi connectivity index (χ3v) is 6.23. The van der Waals surface area contributed by atoms with Crippen LogP contribution in [-0.2, 0) is 7.05 Å². The van der Waals surface area contributed by atoms with Crippen LogP contribution in [-0.4, -0.2) is 37.0 Å². The van der Waals surface area contributed by atoms with Crippen molar-refractivity contribution in [2.24, 2.45) is 7.05 Å². The topological polar surface area (TPSA) is 107 Å².